The fourth-order valence-electron chi connectivity index (χ4n) is 3.68. The number of fused-ring (bicyclic) bond motifs is 1. The zero-order valence-corrected chi connectivity index (χ0v) is 16.6. The van der Waals surface area contributed by atoms with E-state index in [1.54, 1.807) is 12.1 Å². The third kappa shape index (κ3) is 4.46. The predicted molar refractivity (Wildman–Crippen MR) is 105 cm³/mol. The van der Waals surface area contributed by atoms with Crippen LogP contribution in [0.1, 0.15) is 23.7 Å². The first-order chi connectivity index (χ1) is 15.4. The first-order valence-electron chi connectivity index (χ1n) is 9.73. The molecule has 12 heteroatoms. The van der Waals surface area contributed by atoms with Gasteiger partial charge in [0.2, 0.25) is 0 Å². The molecular weight excluding hydrogens is 428 g/mol. The Labute approximate surface area is 181 Å². The topological polar surface area (TPSA) is 164 Å². The van der Waals surface area contributed by atoms with Gasteiger partial charge in [0.05, 0.1) is 23.1 Å². The molecule has 2 aromatic carbocycles. The number of hydrogen-bond donors (Lipinski definition) is 2. The summed E-state index contributed by atoms with van der Waals surface area (Å²) in [4.78, 5) is 21.1. The van der Waals surface area contributed by atoms with Crippen molar-refractivity contribution in [2.75, 3.05) is 13.2 Å². The number of benzene rings is 2. The Morgan fingerprint density at radius 2 is 1.53 bits per heavy atom. The van der Waals surface area contributed by atoms with Crippen molar-refractivity contribution < 1.29 is 39.0 Å². The van der Waals surface area contributed by atoms with Crippen LogP contribution in [0.3, 0.4) is 0 Å². The van der Waals surface area contributed by atoms with Crippen LogP contribution >= 0.6 is 0 Å². The average molecular weight is 448 g/mol. The molecule has 0 radical (unpaired) electrons. The van der Waals surface area contributed by atoms with Crippen molar-refractivity contribution in [3.8, 4) is 0 Å². The molecule has 12 nitrogen and oxygen atoms in total. The van der Waals surface area contributed by atoms with Gasteiger partial charge in [0.25, 0.3) is 11.4 Å². The van der Waals surface area contributed by atoms with Crippen molar-refractivity contribution in [1.29, 1.82) is 0 Å². The summed E-state index contributed by atoms with van der Waals surface area (Å²) in [5.74, 6) is 0. The summed E-state index contributed by atoms with van der Waals surface area (Å²) in [5, 5.41) is 42.0. The van der Waals surface area contributed by atoms with Gasteiger partial charge in [-0.2, -0.15) is 0 Å². The minimum atomic E-state index is -1.36. The van der Waals surface area contributed by atoms with Crippen LogP contribution < -0.4 is 0 Å². The monoisotopic (exact) mass is 448 g/mol. The highest BCUT2D eigenvalue weighted by Crippen LogP contribution is 2.40. The van der Waals surface area contributed by atoms with Crippen molar-refractivity contribution in [2.45, 2.75) is 37.0 Å². The van der Waals surface area contributed by atoms with Gasteiger partial charge in [-0.05, 0) is 0 Å². The summed E-state index contributed by atoms with van der Waals surface area (Å²) in [6.45, 7) is -0.682. The van der Waals surface area contributed by atoms with Crippen LogP contribution in [0.15, 0.2) is 48.5 Å². The summed E-state index contributed by atoms with van der Waals surface area (Å²) in [7, 11) is 0. The van der Waals surface area contributed by atoms with Crippen LogP contribution in [0.25, 0.3) is 0 Å². The van der Waals surface area contributed by atoms with Crippen LogP contribution in [-0.2, 0) is 18.9 Å². The SMILES string of the molecule is O=[N+]([O-])c1cccc(C2OC[C@@H]3OC(c4cccc([N+](=O)[O-])c4)O[C@H]3[C@@H]([C@H](O)CO)O2)c1. The molecule has 2 heterocycles. The van der Waals surface area contributed by atoms with Crippen molar-refractivity contribution >= 4 is 11.4 Å². The van der Waals surface area contributed by atoms with Crippen molar-refractivity contribution in [1.82, 2.24) is 0 Å². The maximum Gasteiger partial charge on any atom is 0.269 e. The summed E-state index contributed by atoms with van der Waals surface area (Å²) >= 11 is 0. The van der Waals surface area contributed by atoms with Crippen LogP contribution in [0.2, 0.25) is 0 Å². The van der Waals surface area contributed by atoms with Crippen LogP contribution in [0.4, 0.5) is 11.4 Å². The van der Waals surface area contributed by atoms with E-state index in [4.69, 9.17) is 18.9 Å². The fraction of sp³-hybridized carbons (Fsp3) is 0.400. The lowest BCUT2D eigenvalue weighted by Crippen LogP contribution is -2.45. The molecule has 170 valence electrons. The van der Waals surface area contributed by atoms with Crippen molar-refractivity contribution in [2.24, 2.45) is 0 Å². The van der Waals surface area contributed by atoms with E-state index in [9.17, 15) is 30.4 Å². The Hall–Kier alpha value is -3.00. The molecule has 0 saturated carbocycles. The van der Waals surface area contributed by atoms with Crippen LogP contribution in [0, 0.1) is 20.2 Å². The van der Waals surface area contributed by atoms with E-state index in [0.29, 0.717) is 11.1 Å². The number of rotatable bonds is 6. The van der Waals surface area contributed by atoms with E-state index < -0.39 is 53.4 Å². The largest absolute Gasteiger partial charge is 0.394 e. The fourth-order valence-corrected chi connectivity index (χ4v) is 3.68. The molecule has 0 aromatic heterocycles. The Bertz CT molecular complexity index is 1000. The van der Waals surface area contributed by atoms with Crippen LogP contribution in [0.5, 0.6) is 0 Å². The smallest absolute Gasteiger partial charge is 0.269 e. The molecule has 2 saturated heterocycles. The second-order valence-corrected chi connectivity index (χ2v) is 7.33. The number of aliphatic hydroxyl groups is 2. The molecule has 2 unspecified atom stereocenters. The molecule has 2 fully saturated rings. The first kappa shape index (κ1) is 22.2. The highest BCUT2D eigenvalue weighted by Gasteiger charge is 2.48. The van der Waals surface area contributed by atoms with E-state index in [0.717, 1.165) is 0 Å². The van der Waals surface area contributed by atoms with E-state index >= 15 is 0 Å². The lowest BCUT2D eigenvalue weighted by molar-refractivity contribution is -0.385. The Morgan fingerprint density at radius 3 is 2.09 bits per heavy atom. The Kier molecular flexibility index (Phi) is 6.41. The summed E-state index contributed by atoms with van der Waals surface area (Å²) in [6.07, 6.45) is -6.10. The first-order valence-corrected chi connectivity index (χ1v) is 9.73. The van der Waals surface area contributed by atoms with Crippen LogP contribution in [-0.4, -0.2) is 57.7 Å². The number of ether oxygens (including phenoxy) is 4. The normalized spacial score (nSPS) is 28.5. The van der Waals surface area contributed by atoms with Gasteiger partial charge in [-0.25, -0.2) is 0 Å². The van der Waals surface area contributed by atoms with Gasteiger partial charge in [0.1, 0.15) is 24.4 Å². The predicted octanol–water partition coefficient (Wildman–Crippen LogP) is 1.75. The third-order valence-corrected chi connectivity index (χ3v) is 5.23. The summed E-state index contributed by atoms with van der Waals surface area (Å²) in [6, 6.07) is 11.4. The number of hydrogen-bond acceptors (Lipinski definition) is 10. The maximum atomic E-state index is 11.1. The Balaban J connectivity index is 1.58. The summed E-state index contributed by atoms with van der Waals surface area (Å²) in [5.41, 5.74) is 0.466. The van der Waals surface area contributed by atoms with E-state index in [1.165, 1.54) is 36.4 Å². The molecule has 6 atom stereocenters. The van der Waals surface area contributed by atoms with Gasteiger partial charge in [-0.15, -0.1) is 0 Å². The zero-order valence-electron chi connectivity index (χ0n) is 16.6. The highest BCUT2D eigenvalue weighted by atomic mass is 16.8. The van der Waals surface area contributed by atoms with Gasteiger partial charge in [0.15, 0.2) is 12.6 Å². The Morgan fingerprint density at radius 1 is 0.938 bits per heavy atom. The minimum absolute atomic E-state index is 0.0436. The molecule has 0 spiro atoms. The molecule has 2 aromatic rings. The van der Waals surface area contributed by atoms with E-state index in [-0.39, 0.29) is 18.0 Å². The second kappa shape index (κ2) is 9.24. The molecule has 2 aliphatic rings. The molecule has 2 N–H and O–H groups in total. The van der Waals surface area contributed by atoms with Gasteiger partial charge in [-0.3, -0.25) is 20.2 Å². The zero-order chi connectivity index (χ0) is 22.8. The second-order valence-electron chi connectivity index (χ2n) is 7.33. The lowest BCUT2D eigenvalue weighted by atomic mass is 10.0. The number of aliphatic hydroxyl groups excluding tert-OH is 2. The molecule has 2 aliphatic heterocycles. The highest BCUT2D eigenvalue weighted by molar-refractivity contribution is 5.36. The number of non-ortho nitro benzene ring substituents is 2. The molecule has 0 amide bonds. The quantitative estimate of drug-likeness (QED) is 0.491. The third-order valence-electron chi connectivity index (χ3n) is 5.23. The van der Waals surface area contributed by atoms with Gasteiger partial charge >= 0.3 is 0 Å². The maximum absolute atomic E-state index is 11.1. The van der Waals surface area contributed by atoms with Gasteiger partial charge < -0.3 is 29.2 Å². The molecular formula is C20H20N2O10. The lowest BCUT2D eigenvalue weighted by Gasteiger charge is -2.28. The van der Waals surface area contributed by atoms with E-state index in [2.05, 4.69) is 0 Å². The molecule has 0 aliphatic carbocycles. The average Bonchev–Trinajstić information content (AvgIpc) is 3.14. The number of nitro benzene ring substituents is 2. The molecule has 0 bridgehead atoms. The van der Waals surface area contributed by atoms with E-state index in [1.807, 2.05) is 0 Å². The number of nitrogens with zero attached hydrogens (tertiary/aromatic N) is 2. The van der Waals surface area contributed by atoms with Gasteiger partial charge in [0, 0.05) is 35.4 Å². The van der Waals surface area contributed by atoms with Gasteiger partial charge in [-0.1, -0.05) is 24.3 Å². The minimum Gasteiger partial charge on any atom is -0.394 e. The molecule has 32 heavy (non-hydrogen) atoms. The number of nitro groups is 2. The molecule has 4 rings (SSSR count). The standard InChI is InChI=1S/C20H20N2O10/c23-9-15(24)17-18-16(30-20(32-18)12-4-2-6-14(8-12)22(27)28)10-29-19(31-17)11-3-1-5-13(7-11)21(25)26/h1-8,15-20,23-24H,9-10H2/t15-,16+,17-,18-,19?,20?/m1/s1. The summed E-state index contributed by atoms with van der Waals surface area (Å²) < 4.78 is 23.4. The van der Waals surface area contributed by atoms with Crippen molar-refractivity contribution in [3.63, 3.8) is 0 Å². The van der Waals surface area contributed by atoms with Crippen molar-refractivity contribution in [3.05, 3.63) is 79.9 Å².